The Labute approximate surface area is 195 Å². The Kier molecular flexibility index (Phi) is 9.72. The van der Waals surface area contributed by atoms with Crippen molar-refractivity contribution in [3.8, 4) is 5.75 Å². The van der Waals surface area contributed by atoms with E-state index in [-0.39, 0.29) is 19.4 Å². The number of piperazine rings is 1. The van der Waals surface area contributed by atoms with Crippen LogP contribution < -0.4 is 4.74 Å². The van der Waals surface area contributed by atoms with E-state index in [0.29, 0.717) is 6.54 Å². The van der Waals surface area contributed by atoms with Crippen LogP contribution in [0.15, 0.2) is 54.6 Å². The maximum absolute atomic E-state index is 12.2. The molecule has 1 atom stereocenters. The number of rotatable bonds is 12. The summed E-state index contributed by atoms with van der Waals surface area (Å²) in [7, 11) is 2.09. The molecule has 2 aromatic rings. The third-order valence-corrected chi connectivity index (χ3v) is 5.82. The van der Waals surface area contributed by atoms with E-state index in [9.17, 15) is 9.59 Å². The highest BCUT2D eigenvalue weighted by Gasteiger charge is 2.23. The van der Waals surface area contributed by atoms with Crippen LogP contribution in [0.1, 0.15) is 24.0 Å². The molecule has 1 saturated heterocycles. The van der Waals surface area contributed by atoms with Crippen molar-refractivity contribution >= 4 is 11.9 Å². The van der Waals surface area contributed by atoms with E-state index in [0.717, 1.165) is 50.3 Å². The average Bonchev–Trinajstić information content (AvgIpc) is 2.82. The number of hydrogen-bond donors (Lipinski definition) is 1. The number of hydrogen-bond acceptors (Lipinski definition) is 6. The zero-order valence-electron chi connectivity index (χ0n) is 19.3. The Morgan fingerprint density at radius 1 is 0.939 bits per heavy atom. The van der Waals surface area contributed by atoms with Gasteiger partial charge in [-0.15, -0.1) is 0 Å². The Hall–Kier alpha value is -2.90. The fraction of sp³-hybridized carbons (Fsp3) is 0.462. The van der Waals surface area contributed by atoms with Crippen molar-refractivity contribution in [2.24, 2.45) is 0 Å². The van der Waals surface area contributed by atoms with Gasteiger partial charge in [0.15, 0.2) is 0 Å². The fourth-order valence-corrected chi connectivity index (χ4v) is 3.85. The molecule has 178 valence electrons. The summed E-state index contributed by atoms with van der Waals surface area (Å²) in [6.45, 7) is 4.51. The van der Waals surface area contributed by atoms with E-state index in [1.807, 2.05) is 36.4 Å². The van der Waals surface area contributed by atoms with Gasteiger partial charge in [-0.1, -0.05) is 48.5 Å². The number of carboxylic acid groups (broad SMARTS) is 1. The molecule has 0 saturated carbocycles. The van der Waals surface area contributed by atoms with Crippen LogP contribution in [0, 0.1) is 0 Å². The Balaban J connectivity index is 1.60. The predicted molar refractivity (Wildman–Crippen MR) is 126 cm³/mol. The van der Waals surface area contributed by atoms with Gasteiger partial charge < -0.3 is 19.5 Å². The average molecular weight is 455 g/mol. The van der Waals surface area contributed by atoms with Gasteiger partial charge in [0.2, 0.25) is 0 Å². The molecule has 0 spiro atoms. The SMILES string of the molecule is CN1CCN(CC(COc2ccccc2CCc2ccccc2)OC(=O)CCC(=O)O)CC1. The second kappa shape index (κ2) is 13.0. The number of para-hydroxylation sites is 1. The summed E-state index contributed by atoms with van der Waals surface area (Å²) in [5, 5.41) is 8.85. The van der Waals surface area contributed by atoms with Gasteiger partial charge in [-0.3, -0.25) is 14.5 Å². The lowest BCUT2D eigenvalue weighted by molar-refractivity contribution is -0.154. The third kappa shape index (κ3) is 8.86. The summed E-state index contributed by atoms with van der Waals surface area (Å²) in [4.78, 5) is 27.6. The number of ether oxygens (including phenoxy) is 2. The van der Waals surface area contributed by atoms with Crippen LogP contribution in [-0.4, -0.2) is 79.3 Å². The molecule has 7 heteroatoms. The Bertz CT molecular complexity index is 881. The minimum absolute atomic E-state index is 0.137. The van der Waals surface area contributed by atoms with Crippen LogP contribution >= 0.6 is 0 Å². The monoisotopic (exact) mass is 454 g/mol. The van der Waals surface area contributed by atoms with Gasteiger partial charge in [0, 0.05) is 32.7 Å². The van der Waals surface area contributed by atoms with Gasteiger partial charge in [0.1, 0.15) is 18.5 Å². The van der Waals surface area contributed by atoms with Crippen molar-refractivity contribution in [2.75, 3.05) is 46.4 Å². The lowest BCUT2D eigenvalue weighted by Crippen LogP contribution is -2.48. The highest BCUT2D eigenvalue weighted by molar-refractivity contribution is 5.76. The summed E-state index contributed by atoms with van der Waals surface area (Å²) >= 11 is 0. The van der Waals surface area contributed by atoms with Crippen molar-refractivity contribution in [1.29, 1.82) is 0 Å². The van der Waals surface area contributed by atoms with Crippen molar-refractivity contribution in [2.45, 2.75) is 31.8 Å². The summed E-state index contributed by atoms with van der Waals surface area (Å²) < 4.78 is 11.8. The first kappa shape index (κ1) is 24.7. The quantitative estimate of drug-likeness (QED) is 0.494. The summed E-state index contributed by atoms with van der Waals surface area (Å²) in [5.74, 6) is -0.720. The van der Waals surface area contributed by atoms with Crippen LogP contribution in [-0.2, 0) is 27.2 Å². The van der Waals surface area contributed by atoms with Gasteiger partial charge in [0.25, 0.3) is 0 Å². The molecular weight excluding hydrogens is 420 g/mol. The van der Waals surface area contributed by atoms with E-state index in [1.54, 1.807) is 0 Å². The number of nitrogens with zero attached hydrogens (tertiary/aromatic N) is 2. The van der Waals surface area contributed by atoms with Gasteiger partial charge in [-0.05, 0) is 37.1 Å². The van der Waals surface area contributed by atoms with Crippen LogP contribution in [0.2, 0.25) is 0 Å². The largest absolute Gasteiger partial charge is 0.489 e. The second-order valence-corrected chi connectivity index (χ2v) is 8.51. The molecule has 0 aliphatic carbocycles. The minimum Gasteiger partial charge on any atom is -0.489 e. The second-order valence-electron chi connectivity index (χ2n) is 8.51. The van der Waals surface area contributed by atoms with E-state index in [4.69, 9.17) is 14.6 Å². The third-order valence-electron chi connectivity index (χ3n) is 5.82. The van der Waals surface area contributed by atoms with Gasteiger partial charge in [-0.25, -0.2) is 0 Å². The molecule has 1 aliphatic heterocycles. The lowest BCUT2D eigenvalue weighted by Gasteiger charge is -2.34. The standard InChI is InChI=1S/C26H34N2O5/c1-27-15-17-28(18-16-27)19-23(33-26(31)14-13-25(29)30)20-32-24-10-6-5-9-22(24)12-11-21-7-3-2-4-8-21/h2-10,23H,11-20H2,1H3,(H,29,30). The molecule has 7 nitrogen and oxygen atoms in total. The molecule has 1 aliphatic rings. The minimum atomic E-state index is -1.01. The zero-order valence-corrected chi connectivity index (χ0v) is 19.3. The van der Waals surface area contributed by atoms with Crippen molar-refractivity contribution in [3.63, 3.8) is 0 Å². The van der Waals surface area contributed by atoms with Gasteiger partial charge in [0.05, 0.1) is 12.8 Å². The molecule has 0 radical (unpaired) electrons. The van der Waals surface area contributed by atoms with E-state index in [1.165, 1.54) is 5.56 Å². The molecule has 3 rings (SSSR count). The number of carbonyl (C=O) groups excluding carboxylic acids is 1. The molecule has 0 bridgehead atoms. The van der Waals surface area contributed by atoms with Crippen molar-refractivity contribution in [3.05, 3.63) is 65.7 Å². The molecule has 33 heavy (non-hydrogen) atoms. The molecule has 0 amide bonds. The molecular formula is C26H34N2O5. The Morgan fingerprint density at radius 3 is 2.36 bits per heavy atom. The number of carbonyl (C=O) groups is 2. The van der Waals surface area contributed by atoms with Gasteiger partial charge in [-0.2, -0.15) is 0 Å². The fourth-order valence-electron chi connectivity index (χ4n) is 3.85. The van der Waals surface area contributed by atoms with Crippen LogP contribution in [0.5, 0.6) is 5.75 Å². The smallest absolute Gasteiger partial charge is 0.306 e. The van der Waals surface area contributed by atoms with E-state index < -0.39 is 18.0 Å². The number of likely N-dealkylation sites (N-methyl/N-ethyl adjacent to an activating group) is 1. The first-order chi connectivity index (χ1) is 16.0. The molecule has 2 aromatic carbocycles. The first-order valence-corrected chi connectivity index (χ1v) is 11.6. The lowest BCUT2D eigenvalue weighted by atomic mass is 10.0. The van der Waals surface area contributed by atoms with E-state index >= 15 is 0 Å². The highest BCUT2D eigenvalue weighted by Crippen LogP contribution is 2.21. The molecule has 0 aromatic heterocycles. The van der Waals surface area contributed by atoms with Crippen LogP contribution in [0.25, 0.3) is 0 Å². The van der Waals surface area contributed by atoms with Gasteiger partial charge >= 0.3 is 11.9 Å². The maximum atomic E-state index is 12.2. The molecule has 1 N–H and O–H groups in total. The normalized spacial score (nSPS) is 15.7. The summed E-state index contributed by atoms with van der Waals surface area (Å²) in [6, 6.07) is 18.3. The van der Waals surface area contributed by atoms with Crippen molar-refractivity contribution < 1.29 is 24.2 Å². The topological polar surface area (TPSA) is 79.3 Å². The zero-order chi connectivity index (χ0) is 23.5. The number of aliphatic carboxylic acids is 1. The van der Waals surface area contributed by atoms with E-state index in [2.05, 4.69) is 35.0 Å². The van der Waals surface area contributed by atoms with Crippen molar-refractivity contribution in [1.82, 2.24) is 9.80 Å². The summed E-state index contributed by atoms with van der Waals surface area (Å²) in [5.41, 5.74) is 2.38. The van der Waals surface area contributed by atoms with Crippen LogP contribution in [0.3, 0.4) is 0 Å². The number of carboxylic acids is 1. The number of aryl methyl sites for hydroxylation is 2. The highest BCUT2D eigenvalue weighted by atomic mass is 16.6. The number of esters is 1. The summed E-state index contributed by atoms with van der Waals surface area (Å²) in [6.07, 6.45) is 0.931. The van der Waals surface area contributed by atoms with Crippen LogP contribution in [0.4, 0.5) is 0 Å². The maximum Gasteiger partial charge on any atom is 0.306 e. The predicted octanol–water partition coefficient (Wildman–Crippen LogP) is 2.87. The Morgan fingerprint density at radius 2 is 1.64 bits per heavy atom. The first-order valence-electron chi connectivity index (χ1n) is 11.6. The molecule has 1 unspecified atom stereocenters. The number of benzene rings is 2. The molecule has 1 fully saturated rings. The molecule has 1 heterocycles.